The molecule has 2 N–H and O–H groups in total. The fraction of sp³-hybridized carbons (Fsp3) is 0.571. The first-order valence-electron chi connectivity index (χ1n) is 5.97. The molecule has 0 fully saturated rings. The number of aryl methyl sites for hydroxylation is 1. The number of ether oxygens (including phenoxy) is 1. The summed E-state index contributed by atoms with van der Waals surface area (Å²) in [5.74, 6) is 0. The molecule has 1 aromatic carbocycles. The molecule has 1 rings (SSSR count). The lowest BCUT2D eigenvalue weighted by Crippen LogP contribution is -2.52. The first-order chi connectivity index (χ1) is 8.01. The maximum absolute atomic E-state index is 5.86. The second-order valence-corrected chi connectivity index (χ2v) is 4.98. The van der Waals surface area contributed by atoms with E-state index in [0.29, 0.717) is 13.2 Å². The Kier molecular flexibility index (Phi) is 5.12. The summed E-state index contributed by atoms with van der Waals surface area (Å²) < 4.78 is 5.26. The minimum absolute atomic E-state index is 0.113. The van der Waals surface area contributed by atoms with Gasteiger partial charge in [-0.15, -0.1) is 0 Å². The highest BCUT2D eigenvalue weighted by Gasteiger charge is 2.27. The van der Waals surface area contributed by atoms with Crippen LogP contribution in [0.5, 0.6) is 0 Å². The van der Waals surface area contributed by atoms with Crippen molar-refractivity contribution in [2.75, 3.05) is 27.3 Å². The summed E-state index contributed by atoms with van der Waals surface area (Å²) in [7, 11) is 3.81. The van der Waals surface area contributed by atoms with Crippen molar-refractivity contribution < 1.29 is 4.74 Å². The Labute approximate surface area is 105 Å². The zero-order valence-corrected chi connectivity index (χ0v) is 11.4. The third kappa shape index (κ3) is 3.80. The monoisotopic (exact) mass is 236 g/mol. The summed E-state index contributed by atoms with van der Waals surface area (Å²) >= 11 is 0. The number of nitrogens with zero attached hydrogens (tertiary/aromatic N) is 1. The highest BCUT2D eigenvalue weighted by atomic mass is 16.5. The Balaban J connectivity index is 2.73. The Hall–Kier alpha value is -0.900. The van der Waals surface area contributed by atoms with Crippen LogP contribution in [0.1, 0.15) is 18.1 Å². The van der Waals surface area contributed by atoms with Crippen LogP contribution in [0.2, 0.25) is 0 Å². The molecule has 17 heavy (non-hydrogen) atoms. The lowest BCUT2D eigenvalue weighted by molar-refractivity contribution is 0.0390. The van der Waals surface area contributed by atoms with Crippen LogP contribution in [0.4, 0.5) is 0 Å². The lowest BCUT2D eigenvalue weighted by Gasteiger charge is -2.37. The second-order valence-electron chi connectivity index (χ2n) is 4.98. The number of rotatable bonds is 6. The van der Waals surface area contributed by atoms with Crippen molar-refractivity contribution in [3.8, 4) is 0 Å². The van der Waals surface area contributed by atoms with Crippen molar-refractivity contribution >= 4 is 0 Å². The van der Waals surface area contributed by atoms with E-state index in [1.54, 1.807) is 7.11 Å². The van der Waals surface area contributed by atoms with Gasteiger partial charge in [-0.05, 0) is 26.5 Å². The van der Waals surface area contributed by atoms with Crippen molar-refractivity contribution in [3.05, 3.63) is 35.4 Å². The molecule has 3 heteroatoms. The van der Waals surface area contributed by atoms with Crippen molar-refractivity contribution in [2.45, 2.75) is 25.9 Å². The minimum Gasteiger partial charge on any atom is -0.383 e. The molecule has 0 aliphatic carbocycles. The molecule has 0 saturated carbocycles. The molecule has 0 aliphatic heterocycles. The molecular formula is C14H24N2O. The van der Waals surface area contributed by atoms with E-state index in [4.69, 9.17) is 10.5 Å². The van der Waals surface area contributed by atoms with Gasteiger partial charge < -0.3 is 10.5 Å². The topological polar surface area (TPSA) is 38.5 Å². The van der Waals surface area contributed by atoms with Crippen LogP contribution in [-0.4, -0.2) is 37.7 Å². The van der Waals surface area contributed by atoms with Crippen molar-refractivity contribution in [1.29, 1.82) is 0 Å². The third-order valence-corrected chi connectivity index (χ3v) is 3.32. The van der Waals surface area contributed by atoms with Gasteiger partial charge in [-0.1, -0.05) is 29.8 Å². The standard InChI is InChI=1S/C14H24N2O/c1-12-6-5-7-13(8-12)9-16(3)14(2,10-15)11-17-4/h5-8H,9-11,15H2,1-4H3. The first kappa shape index (κ1) is 14.2. The number of methoxy groups -OCH3 is 1. The molecule has 0 heterocycles. The molecule has 0 aliphatic rings. The number of hydrogen-bond donors (Lipinski definition) is 1. The Morgan fingerprint density at radius 3 is 2.65 bits per heavy atom. The maximum Gasteiger partial charge on any atom is 0.0656 e. The summed E-state index contributed by atoms with van der Waals surface area (Å²) in [5.41, 5.74) is 8.34. The van der Waals surface area contributed by atoms with E-state index in [1.165, 1.54) is 11.1 Å². The molecule has 0 aromatic heterocycles. The van der Waals surface area contributed by atoms with E-state index >= 15 is 0 Å². The summed E-state index contributed by atoms with van der Waals surface area (Å²) in [6, 6.07) is 8.56. The molecule has 0 saturated heterocycles. The predicted octanol–water partition coefficient (Wildman–Crippen LogP) is 1.79. The molecule has 0 amide bonds. The Morgan fingerprint density at radius 1 is 1.41 bits per heavy atom. The molecule has 0 radical (unpaired) electrons. The molecular weight excluding hydrogens is 212 g/mol. The molecule has 96 valence electrons. The van der Waals surface area contributed by atoms with Crippen LogP contribution in [-0.2, 0) is 11.3 Å². The average molecular weight is 236 g/mol. The van der Waals surface area contributed by atoms with Gasteiger partial charge in [0.1, 0.15) is 0 Å². The fourth-order valence-electron chi connectivity index (χ4n) is 1.91. The summed E-state index contributed by atoms with van der Waals surface area (Å²) in [6.07, 6.45) is 0. The van der Waals surface area contributed by atoms with Crippen LogP contribution in [0.15, 0.2) is 24.3 Å². The van der Waals surface area contributed by atoms with E-state index in [2.05, 4.69) is 50.1 Å². The number of likely N-dealkylation sites (N-methyl/N-ethyl adjacent to an activating group) is 1. The quantitative estimate of drug-likeness (QED) is 0.818. The number of benzene rings is 1. The van der Waals surface area contributed by atoms with Crippen LogP contribution in [0.25, 0.3) is 0 Å². The average Bonchev–Trinajstić information content (AvgIpc) is 2.29. The van der Waals surface area contributed by atoms with E-state index in [1.807, 2.05) is 0 Å². The zero-order chi connectivity index (χ0) is 12.9. The predicted molar refractivity (Wildman–Crippen MR) is 72.0 cm³/mol. The van der Waals surface area contributed by atoms with Gasteiger partial charge in [-0.25, -0.2) is 0 Å². The summed E-state index contributed by atoms with van der Waals surface area (Å²) in [6.45, 7) is 6.36. The van der Waals surface area contributed by atoms with E-state index in [0.717, 1.165) is 6.54 Å². The molecule has 1 unspecified atom stereocenters. The van der Waals surface area contributed by atoms with Gasteiger partial charge in [0, 0.05) is 20.2 Å². The maximum atomic E-state index is 5.86. The van der Waals surface area contributed by atoms with Crippen LogP contribution >= 0.6 is 0 Å². The van der Waals surface area contributed by atoms with Gasteiger partial charge in [0.25, 0.3) is 0 Å². The fourth-order valence-corrected chi connectivity index (χ4v) is 1.91. The lowest BCUT2D eigenvalue weighted by atomic mass is 10.0. The highest BCUT2D eigenvalue weighted by Crippen LogP contribution is 2.16. The van der Waals surface area contributed by atoms with Gasteiger partial charge in [-0.3, -0.25) is 4.90 Å². The van der Waals surface area contributed by atoms with Crippen molar-refractivity contribution in [2.24, 2.45) is 5.73 Å². The SMILES string of the molecule is COCC(C)(CN)N(C)Cc1cccc(C)c1. The molecule has 1 atom stereocenters. The smallest absolute Gasteiger partial charge is 0.0656 e. The Morgan fingerprint density at radius 2 is 2.12 bits per heavy atom. The minimum atomic E-state index is -0.113. The van der Waals surface area contributed by atoms with Gasteiger partial charge >= 0.3 is 0 Å². The highest BCUT2D eigenvalue weighted by molar-refractivity contribution is 5.22. The van der Waals surface area contributed by atoms with Crippen LogP contribution < -0.4 is 5.73 Å². The zero-order valence-electron chi connectivity index (χ0n) is 11.4. The number of nitrogens with two attached hydrogens (primary N) is 1. The molecule has 0 spiro atoms. The number of hydrogen-bond acceptors (Lipinski definition) is 3. The van der Waals surface area contributed by atoms with Gasteiger partial charge in [0.05, 0.1) is 12.1 Å². The van der Waals surface area contributed by atoms with Gasteiger partial charge in [0.2, 0.25) is 0 Å². The van der Waals surface area contributed by atoms with E-state index in [9.17, 15) is 0 Å². The largest absolute Gasteiger partial charge is 0.383 e. The van der Waals surface area contributed by atoms with Crippen LogP contribution in [0, 0.1) is 6.92 Å². The van der Waals surface area contributed by atoms with Gasteiger partial charge in [0.15, 0.2) is 0 Å². The summed E-state index contributed by atoms with van der Waals surface area (Å²) in [5, 5.41) is 0. The van der Waals surface area contributed by atoms with Crippen molar-refractivity contribution in [1.82, 2.24) is 4.90 Å². The van der Waals surface area contributed by atoms with Gasteiger partial charge in [-0.2, -0.15) is 0 Å². The first-order valence-corrected chi connectivity index (χ1v) is 5.97. The Bertz CT molecular complexity index is 354. The van der Waals surface area contributed by atoms with Crippen LogP contribution in [0.3, 0.4) is 0 Å². The van der Waals surface area contributed by atoms with E-state index in [-0.39, 0.29) is 5.54 Å². The molecule has 1 aromatic rings. The second kappa shape index (κ2) is 6.15. The van der Waals surface area contributed by atoms with E-state index < -0.39 is 0 Å². The third-order valence-electron chi connectivity index (χ3n) is 3.32. The molecule has 3 nitrogen and oxygen atoms in total. The normalized spacial score (nSPS) is 14.9. The summed E-state index contributed by atoms with van der Waals surface area (Å²) in [4.78, 5) is 2.26. The molecule has 0 bridgehead atoms. The van der Waals surface area contributed by atoms with Crippen molar-refractivity contribution in [3.63, 3.8) is 0 Å².